The number of aliphatic hydroxyl groups is 4. The van der Waals surface area contributed by atoms with E-state index in [1.54, 1.807) is 0 Å². The molecule has 8 N–H and O–H groups in total. The molecular formula is C29H48O9P2. The zero-order valence-corrected chi connectivity index (χ0v) is 27.1. The Hall–Kier alpha value is -1.06. The summed E-state index contributed by atoms with van der Waals surface area (Å²) in [4.78, 5) is 31.3. The molecule has 0 fully saturated rings. The number of hydrogen-bond donors (Lipinski definition) is 8. The van der Waals surface area contributed by atoms with Gasteiger partial charge in [0.25, 0.3) is 0 Å². The number of rotatable bonds is 8. The Kier molecular flexibility index (Phi) is 12.9. The second-order valence-electron chi connectivity index (χ2n) is 12.5. The first-order valence-corrected chi connectivity index (χ1v) is 15.3. The molecule has 0 heterocycles. The van der Waals surface area contributed by atoms with Crippen LogP contribution in [0.1, 0.15) is 86.1 Å². The summed E-state index contributed by atoms with van der Waals surface area (Å²) < 4.78 is 3.60. The van der Waals surface area contributed by atoms with Gasteiger partial charge in [0.05, 0.1) is 25.2 Å². The molecule has 0 atom stereocenters. The molecule has 0 bridgehead atoms. The molecule has 0 aromatic heterocycles. The average molecular weight is 603 g/mol. The highest BCUT2D eigenvalue weighted by Gasteiger charge is 2.54. The van der Waals surface area contributed by atoms with Gasteiger partial charge in [0.1, 0.15) is 5.60 Å². The van der Waals surface area contributed by atoms with Gasteiger partial charge in [0, 0.05) is 0 Å². The van der Waals surface area contributed by atoms with E-state index in [-0.39, 0.29) is 10.8 Å². The van der Waals surface area contributed by atoms with E-state index in [9.17, 15) is 20.4 Å². The fraction of sp³-hybridized carbons (Fsp3) is 0.586. The first-order chi connectivity index (χ1) is 18.1. The lowest BCUT2D eigenvalue weighted by atomic mass is 9.61. The third-order valence-electron chi connectivity index (χ3n) is 7.34. The summed E-state index contributed by atoms with van der Waals surface area (Å²) in [5, 5.41) is 44.2. The molecule has 0 saturated heterocycles. The Labute approximate surface area is 241 Å². The van der Waals surface area contributed by atoms with Crippen molar-refractivity contribution in [1.82, 2.24) is 0 Å². The van der Waals surface area contributed by atoms with Crippen molar-refractivity contribution in [2.24, 2.45) is 5.41 Å². The van der Waals surface area contributed by atoms with E-state index in [0.29, 0.717) is 11.1 Å². The molecule has 2 aromatic carbocycles. The van der Waals surface area contributed by atoms with E-state index in [1.807, 2.05) is 27.7 Å². The van der Waals surface area contributed by atoms with Crippen molar-refractivity contribution in [2.75, 3.05) is 19.8 Å². The summed E-state index contributed by atoms with van der Waals surface area (Å²) in [5.74, 6) is 0. The summed E-state index contributed by atoms with van der Waals surface area (Å²) in [5.41, 5.74) is 3.45. The van der Waals surface area contributed by atoms with Crippen molar-refractivity contribution in [1.29, 1.82) is 0 Å². The quantitative estimate of drug-likeness (QED) is 0.207. The lowest BCUT2D eigenvalue weighted by Crippen LogP contribution is -2.55. The van der Waals surface area contributed by atoms with Crippen molar-refractivity contribution in [3.63, 3.8) is 0 Å². The number of aliphatic hydroxyl groups excluding tert-OH is 3. The fourth-order valence-corrected chi connectivity index (χ4v) is 5.67. The third kappa shape index (κ3) is 8.06. The summed E-state index contributed by atoms with van der Waals surface area (Å²) >= 11 is 0. The summed E-state index contributed by atoms with van der Waals surface area (Å²) in [6.07, 6.45) is 0. The highest BCUT2D eigenvalue weighted by Crippen LogP contribution is 2.50. The van der Waals surface area contributed by atoms with E-state index in [0.717, 1.165) is 33.4 Å². The van der Waals surface area contributed by atoms with Gasteiger partial charge in [0.2, 0.25) is 0 Å². The molecule has 228 valence electrons. The molecule has 0 spiro atoms. The normalized spacial score (nSPS) is 13.1. The Morgan fingerprint density at radius 2 is 0.825 bits per heavy atom. The second kappa shape index (κ2) is 13.9. The van der Waals surface area contributed by atoms with Crippen LogP contribution in [0.2, 0.25) is 0 Å². The summed E-state index contributed by atoms with van der Waals surface area (Å²) in [6, 6.07) is 8.27. The van der Waals surface area contributed by atoms with E-state index in [1.165, 1.54) is 0 Å². The molecular weight excluding hydrogens is 554 g/mol. The van der Waals surface area contributed by atoms with Gasteiger partial charge in [-0.2, -0.15) is 0 Å². The lowest BCUT2D eigenvalue weighted by molar-refractivity contribution is -0.137. The Morgan fingerprint density at radius 3 is 0.975 bits per heavy atom. The lowest BCUT2D eigenvalue weighted by Gasteiger charge is -2.48. The largest absolute Gasteiger partial charge is 0.395 e. The molecule has 11 heteroatoms. The number of hydrogen-bond acceptors (Lipinski definition) is 9. The fourth-order valence-electron chi connectivity index (χ4n) is 5.15. The van der Waals surface area contributed by atoms with Crippen LogP contribution in [0, 0.1) is 33.1 Å². The van der Waals surface area contributed by atoms with Crippen molar-refractivity contribution in [3.8, 4) is 0 Å². The van der Waals surface area contributed by atoms with E-state index in [4.69, 9.17) is 19.6 Å². The second-order valence-corrected chi connectivity index (χ2v) is 14.2. The minimum atomic E-state index is -2.61. The smallest absolute Gasteiger partial charge is 0.334 e. The molecule has 9 nitrogen and oxygen atoms in total. The van der Waals surface area contributed by atoms with Crippen molar-refractivity contribution in [3.05, 3.63) is 68.8 Å². The van der Waals surface area contributed by atoms with E-state index >= 15 is 0 Å². The Morgan fingerprint density at radius 1 is 0.575 bits per heavy atom. The average Bonchev–Trinajstić information content (AvgIpc) is 2.77. The molecule has 40 heavy (non-hydrogen) atoms. The molecule has 0 aliphatic rings. The first-order valence-electron chi connectivity index (χ1n) is 13.0. The van der Waals surface area contributed by atoms with Crippen LogP contribution in [0.25, 0.3) is 0 Å². The Balaban J connectivity index is 0.00000101. The van der Waals surface area contributed by atoms with Crippen LogP contribution in [-0.2, 0) is 20.7 Å². The van der Waals surface area contributed by atoms with Crippen molar-refractivity contribution in [2.45, 2.75) is 85.7 Å². The van der Waals surface area contributed by atoms with Gasteiger partial charge < -0.3 is 40.0 Å². The van der Waals surface area contributed by atoms with Gasteiger partial charge in [-0.25, -0.2) is 4.31 Å². The van der Waals surface area contributed by atoms with E-state index < -0.39 is 48.0 Å². The predicted molar refractivity (Wildman–Crippen MR) is 160 cm³/mol. The van der Waals surface area contributed by atoms with Gasteiger partial charge in [-0.3, -0.25) is 0 Å². The van der Waals surface area contributed by atoms with Gasteiger partial charge in [-0.1, -0.05) is 65.8 Å². The summed E-state index contributed by atoms with van der Waals surface area (Å²) in [7, 11) is -5.22. The highest BCUT2D eigenvalue weighted by atomic mass is 31.2. The minimum absolute atomic E-state index is 0.0750. The molecule has 0 radical (unpaired) electrons. The predicted octanol–water partition coefficient (Wildman–Crippen LogP) is 4.14. The minimum Gasteiger partial charge on any atom is -0.395 e. The monoisotopic (exact) mass is 602 g/mol. The molecule has 0 unspecified atom stereocenters. The molecule has 0 saturated carbocycles. The SMILES string of the molecule is Cc1cc(C(C)(C)C)cc(C)c1C(O)(c1c(C)cc(C(C)(C)C)cc1C)C(CO)(CO)CO.OP(O)OP(O)O. The molecule has 2 rings (SSSR count). The summed E-state index contributed by atoms with van der Waals surface area (Å²) in [6.45, 7) is 19.0. The number of benzene rings is 2. The van der Waals surface area contributed by atoms with Gasteiger partial charge in [-0.05, 0) is 83.0 Å². The molecule has 0 aliphatic heterocycles. The zero-order chi connectivity index (χ0) is 31.4. The van der Waals surface area contributed by atoms with Crippen LogP contribution in [0.15, 0.2) is 24.3 Å². The van der Waals surface area contributed by atoms with Crippen LogP contribution in [-0.4, -0.2) is 59.8 Å². The maximum atomic E-state index is 12.7. The van der Waals surface area contributed by atoms with Gasteiger partial charge in [0.15, 0.2) is 0 Å². The van der Waals surface area contributed by atoms with Crippen LogP contribution >= 0.6 is 17.2 Å². The topological polar surface area (TPSA) is 171 Å². The Bertz CT molecular complexity index is 1000. The molecule has 0 aliphatic carbocycles. The van der Waals surface area contributed by atoms with Crippen LogP contribution in [0.5, 0.6) is 0 Å². The van der Waals surface area contributed by atoms with Crippen LogP contribution in [0.4, 0.5) is 0 Å². The van der Waals surface area contributed by atoms with Gasteiger partial charge >= 0.3 is 17.2 Å². The maximum Gasteiger partial charge on any atom is 0.334 e. The maximum absolute atomic E-state index is 12.7. The van der Waals surface area contributed by atoms with Crippen molar-refractivity contribution < 1.29 is 44.3 Å². The van der Waals surface area contributed by atoms with Crippen LogP contribution in [0.3, 0.4) is 0 Å². The first kappa shape index (κ1) is 37.0. The third-order valence-corrected chi connectivity index (χ3v) is 8.51. The van der Waals surface area contributed by atoms with Crippen molar-refractivity contribution >= 4 is 17.2 Å². The number of aryl methyl sites for hydroxylation is 4. The standard InChI is InChI=1S/C29H44O4.H4O5P2/c1-18-11-22(26(5,6)7)12-19(2)24(18)29(33,28(15-30,16-31)17-32)25-20(3)13-23(14-21(25)4)27(8,9)10;1-6(2)5-7(3)4/h11-14,30-33H,15-17H2,1-10H3;1-4H. The zero-order valence-electron chi connectivity index (χ0n) is 25.3. The van der Waals surface area contributed by atoms with Crippen LogP contribution < -0.4 is 0 Å². The van der Waals surface area contributed by atoms with Gasteiger partial charge in [-0.15, -0.1) is 0 Å². The molecule has 0 amide bonds. The molecule has 2 aromatic rings. The van der Waals surface area contributed by atoms with E-state index in [2.05, 4.69) is 70.1 Å². The highest BCUT2D eigenvalue weighted by molar-refractivity contribution is 7.53.